The normalized spacial score (nSPS) is 22.9. The van der Waals surface area contributed by atoms with E-state index in [0.29, 0.717) is 19.4 Å². The maximum atomic E-state index is 12.6. The van der Waals surface area contributed by atoms with Gasteiger partial charge in [-0.05, 0) is 25.3 Å². The van der Waals surface area contributed by atoms with Crippen molar-refractivity contribution in [3.05, 3.63) is 0 Å². The van der Waals surface area contributed by atoms with Crippen LogP contribution in [0.2, 0.25) is 0 Å². The van der Waals surface area contributed by atoms with Crippen LogP contribution in [0.5, 0.6) is 0 Å². The molecular formula is C10H18F4N2O2S. The molecule has 0 aromatic carbocycles. The standard InChI is InChI=1S/C10H18F4N2O2S/c1-19(17,18)16-4-2-3-8(6-16)5-15-7-10(13,14)9(11)12/h8-9,15H,2-7H2,1H3. The second-order valence-corrected chi connectivity index (χ2v) is 6.80. The molecule has 1 atom stereocenters. The number of piperidine rings is 1. The lowest BCUT2D eigenvalue weighted by Gasteiger charge is -2.31. The molecule has 0 radical (unpaired) electrons. The third-order valence-corrected chi connectivity index (χ3v) is 4.33. The molecule has 1 unspecified atom stereocenters. The molecule has 1 heterocycles. The van der Waals surface area contributed by atoms with Crippen LogP contribution in [0.15, 0.2) is 0 Å². The number of halogens is 4. The van der Waals surface area contributed by atoms with Crippen LogP contribution >= 0.6 is 0 Å². The zero-order chi connectivity index (χ0) is 14.7. The second kappa shape index (κ2) is 6.36. The summed E-state index contributed by atoms with van der Waals surface area (Å²) in [6, 6.07) is 0. The summed E-state index contributed by atoms with van der Waals surface area (Å²) >= 11 is 0. The first kappa shape index (κ1) is 16.6. The highest BCUT2D eigenvalue weighted by atomic mass is 32.2. The van der Waals surface area contributed by atoms with Crippen LogP contribution < -0.4 is 5.32 Å². The van der Waals surface area contributed by atoms with Crippen LogP contribution in [0.3, 0.4) is 0 Å². The minimum absolute atomic E-state index is 0.105. The van der Waals surface area contributed by atoms with Gasteiger partial charge in [-0.2, -0.15) is 8.78 Å². The summed E-state index contributed by atoms with van der Waals surface area (Å²) in [6.45, 7) is -0.330. The van der Waals surface area contributed by atoms with Gasteiger partial charge in [-0.1, -0.05) is 0 Å². The van der Waals surface area contributed by atoms with Crippen molar-refractivity contribution in [3.8, 4) is 0 Å². The van der Waals surface area contributed by atoms with Gasteiger partial charge < -0.3 is 5.32 Å². The lowest BCUT2D eigenvalue weighted by molar-refractivity contribution is -0.125. The van der Waals surface area contributed by atoms with Gasteiger partial charge in [0.05, 0.1) is 12.8 Å². The summed E-state index contributed by atoms with van der Waals surface area (Å²) in [4.78, 5) is 0. The Morgan fingerprint density at radius 1 is 1.42 bits per heavy atom. The van der Waals surface area contributed by atoms with E-state index in [1.165, 1.54) is 4.31 Å². The monoisotopic (exact) mass is 306 g/mol. The fraction of sp³-hybridized carbons (Fsp3) is 1.00. The van der Waals surface area contributed by atoms with Gasteiger partial charge in [0.25, 0.3) is 0 Å². The van der Waals surface area contributed by atoms with E-state index in [1.54, 1.807) is 0 Å². The molecule has 0 aliphatic carbocycles. The first-order valence-electron chi connectivity index (χ1n) is 5.95. The molecule has 1 N–H and O–H groups in total. The maximum Gasteiger partial charge on any atom is 0.319 e. The van der Waals surface area contributed by atoms with E-state index in [2.05, 4.69) is 5.32 Å². The largest absolute Gasteiger partial charge is 0.319 e. The van der Waals surface area contributed by atoms with Gasteiger partial charge in [-0.25, -0.2) is 21.5 Å². The highest BCUT2D eigenvalue weighted by Gasteiger charge is 2.40. The molecule has 114 valence electrons. The molecule has 0 aromatic heterocycles. The Labute approximate surface area is 110 Å². The average Bonchev–Trinajstić information content (AvgIpc) is 2.28. The van der Waals surface area contributed by atoms with E-state index in [0.717, 1.165) is 6.26 Å². The Bertz CT molecular complexity index is 389. The van der Waals surface area contributed by atoms with Crippen molar-refractivity contribution in [3.63, 3.8) is 0 Å². The van der Waals surface area contributed by atoms with E-state index in [4.69, 9.17) is 0 Å². The number of alkyl halides is 4. The van der Waals surface area contributed by atoms with Crippen molar-refractivity contribution in [1.82, 2.24) is 9.62 Å². The second-order valence-electron chi connectivity index (χ2n) is 4.82. The highest BCUT2D eigenvalue weighted by Crippen LogP contribution is 2.22. The first-order valence-corrected chi connectivity index (χ1v) is 7.79. The number of sulfonamides is 1. The van der Waals surface area contributed by atoms with Crippen molar-refractivity contribution >= 4 is 10.0 Å². The summed E-state index contributed by atoms with van der Waals surface area (Å²) in [5.41, 5.74) is 0. The molecule has 0 aromatic rings. The van der Waals surface area contributed by atoms with E-state index >= 15 is 0 Å². The lowest BCUT2D eigenvalue weighted by Crippen LogP contribution is -2.45. The Morgan fingerprint density at radius 2 is 2.05 bits per heavy atom. The molecule has 1 saturated heterocycles. The fourth-order valence-corrected chi connectivity index (χ4v) is 2.96. The maximum absolute atomic E-state index is 12.6. The van der Waals surface area contributed by atoms with Crippen LogP contribution in [0.1, 0.15) is 12.8 Å². The van der Waals surface area contributed by atoms with Gasteiger partial charge in [0.1, 0.15) is 0 Å². The molecule has 0 spiro atoms. The number of rotatable bonds is 6. The Morgan fingerprint density at radius 3 is 2.58 bits per heavy atom. The highest BCUT2D eigenvalue weighted by molar-refractivity contribution is 7.88. The molecule has 0 saturated carbocycles. The minimum Gasteiger partial charge on any atom is -0.311 e. The summed E-state index contributed by atoms with van der Waals surface area (Å²) in [6.07, 6.45) is -1.27. The van der Waals surface area contributed by atoms with Crippen LogP contribution in [0, 0.1) is 5.92 Å². The average molecular weight is 306 g/mol. The molecule has 1 aliphatic rings. The number of hydrogen-bond acceptors (Lipinski definition) is 3. The molecule has 1 rings (SSSR count). The van der Waals surface area contributed by atoms with Crippen molar-refractivity contribution in [2.45, 2.75) is 25.2 Å². The van der Waals surface area contributed by atoms with Gasteiger partial charge in [0, 0.05) is 13.1 Å². The van der Waals surface area contributed by atoms with E-state index in [1.807, 2.05) is 0 Å². The summed E-state index contributed by atoms with van der Waals surface area (Å²) in [5.74, 6) is -4.18. The molecular weight excluding hydrogens is 288 g/mol. The summed E-state index contributed by atoms with van der Waals surface area (Å²) < 4.78 is 73.1. The fourth-order valence-electron chi connectivity index (χ4n) is 2.01. The molecule has 1 aliphatic heterocycles. The molecule has 1 fully saturated rings. The number of nitrogens with zero attached hydrogens (tertiary/aromatic N) is 1. The van der Waals surface area contributed by atoms with Crippen molar-refractivity contribution in [2.75, 3.05) is 32.4 Å². The van der Waals surface area contributed by atoms with Gasteiger partial charge in [0.2, 0.25) is 10.0 Å². The summed E-state index contributed by atoms with van der Waals surface area (Å²) in [5, 5.41) is 2.30. The third-order valence-electron chi connectivity index (χ3n) is 3.06. The lowest BCUT2D eigenvalue weighted by atomic mass is 10.00. The Balaban J connectivity index is 2.38. The smallest absolute Gasteiger partial charge is 0.311 e. The van der Waals surface area contributed by atoms with Crippen LogP contribution in [0.25, 0.3) is 0 Å². The van der Waals surface area contributed by atoms with Gasteiger partial charge in [-0.15, -0.1) is 0 Å². The number of nitrogens with one attached hydrogen (secondary N) is 1. The minimum atomic E-state index is -4.05. The van der Waals surface area contributed by atoms with Gasteiger partial charge in [-0.3, -0.25) is 0 Å². The zero-order valence-electron chi connectivity index (χ0n) is 10.6. The van der Waals surface area contributed by atoms with Crippen LogP contribution in [0.4, 0.5) is 17.6 Å². The van der Waals surface area contributed by atoms with E-state index in [9.17, 15) is 26.0 Å². The third kappa shape index (κ3) is 5.23. The zero-order valence-corrected chi connectivity index (χ0v) is 11.4. The summed E-state index contributed by atoms with van der Waals surface area (Å²) in [7, 11) is -3.29. The first-order chi connectivity index (χ1) is 8.63. The molecule has 19 heavy (non-hydrogen) atoms. The Kier molecular flexibility index (Phi) is 5.57. The van der Waals surface area contributed by atoms with Gasteiger partial charge >= 0.3 is 12.3 Å². The molecule has 9 heteroatoms. The van der Waals surface area contributed by atoms with E-state index in [-0.39, 0.29) is 19.0 Å². The quantitative estimate of drug-likeness (QED) is 0.749. The van der Waals surface area contributed by atoms with Crippen molar-refractivity contribution in [2.24, 2.45) is 5.92 Å². The predicted molar refractivity (Wildman–Crippen MR) is 63.0 cm³/mol. The Hall–Kier alpha value is -0.410. The molecule has 0 amide bonds. The van der Waals surface area contributed by atoms with Crippen LogP contribution in [-0.4, -0.2) is 57.5 Å². The SMILES string of the molecule is CS(=O)(=O)N1CCCC(CNCC(F)(F)C(F)F)C1. The van der Waals surface area contributed by atoms with Crippen molar-refractivity contribution < 1.29 is 26.0 Å². The van der Waals surface area contributed by atoms with E-state index < -0.39 is 28.9 Å². The number of hydrogen-bond donors (Lipinski definition) is 1. The van der Waals surface area contributed by atoms with Crippen molar-refractivity contribution in [1.29, 1.82) is 0 Å². The molecule has 4 nitrogen and oxygen atoms in total. The van der Waals surface area contributed by atoms with Crippen LogP contribution in [-0.2, 0) is 10.0 Å². The van der Waals surface area contributed by atoms with Gasteiger partial charge in [0.15, 0.2) is 0 Å². The topological polar surface area (TPSA) is 49.4 Å². The molecule has 0 bridgehead atoms. The predicted octanol–water partition coefficient (Wildman–Crippen LogP) is 1.15.